The van der Waals surface area contributed by atoms with Gasteiger partial charge in [0, 0.05) is 49.2 Å². The number of nitrogens with one attached hydrogen (secondary N) is 1. The van der Waals surface area contributed by atoms with Crippen LogP contribution in [-0.2, 0) is 13.0 Å². The lowest BCUT2D eigenvalue weighted by atomic mass is 9.95. The Bertz CT molecular complexity index is 1250. The van der Waals surface area contributed by atoms with Gasteiger partial charge >= 0.3 is 0 Å². The fraction of sp³-hybridized carbons (Fsp3) is 0.370. The molecule has 0 aliphatic carbocycles. The van der Waals surface area contributed by atoms with Crippen LogP contribution in [0, 0.1) is 0 Å². The molecule has 33 heavy (non-hydrogen) atoms. The zero-order valence-corrected chi connectivity index (χ0v) is 20.4. The van der Waals surface area contributed by atoms with Crippen molar-refractivity contribution in [2.75, 3.05) is 12.0 Å². The Morgan fingerprint density at radius 3 is 2.61 bits per heavy atom. The first-order chi connectivity index (χ1) is 15.7. The summed E-state index contributed by atoms with van der Waals surface area (Å²) in [7, 11) is 0. The van der Waals surface area contributed by atoms with E-state index in [1.165, 1.54) is 33.9 Å². The van der Waals surface area contributed by atoms with Gasteiger partial charge in [-0.25, -0.2) is 9.66 Å². The normalized spacial score (nSPS) is 18.2. The summed E-state index contributed by atoms with van der Waals surface area (Å²) in [4.78, 5) is 23.9. The van der Waals surface area contributed by atoms with Crippen LogP contribution >= 0.6 is 0 Å². The van der Waals surface area contributed by atoms with Crippen LogP contribution in [0.4, 0.5) is 0 Å². The van der Waals surface area contributed by atoms with Gasteiger partial charge in [0.25, 0.3) is 5.56 Å². The molecule has 172 valence electrons. The van der Waals surface area contributed by atoms with Crippen LogP contribution in [-0.4, -0.2) is 32.3 Å². The number of aromatic nitrogens is 3. The zero-order chi connectivity index (χ0) is 23.7. The highest BCUT2D eigenvalue weighted by Gasteiger charge is 2.29. The highest BCUT2D eigenvalue weighted by molar-refractivity contribution is 5.78. The Morgan fingerprint density at radius 2 is 1.88 bits per heavy atom. The Hall–Kier alpha value is -3.25. The van der Waals surface area contributed by atoms with E-state index in [0.29, 0.717) is 5.82 Å². The van der Waals surface area contributed by atoms with Gasteiger partial charge in [-0.3, -0.25) is 20.1 Å². The Balaban J connectivity index is 1.67. The van der Waals surface area contributed by atoms with Crippen LogP contribution in [0.5, 0.6) is 0 Å². The molecule has 0 bridgehead atoms. The molecule has 4 heterocycles. The van der Waals surface area contributed by atoms with Crippen LogP contribution < -0.4 is 11.0 Å². The smallest absolute Gasteiger partial charge is 0.272 e. The monoisotopic (exact) mass is 443 g/mol. The van der Waals surface area contributed by atoms with Gasteiger partial charge in [-0.15, -0.1) is 0 Å². The molecule has 2 aromatic heterocycles. The van der Waals surface area contributed by atoms with Gasteiger partial charge in [-0.05, 0) is 76.0 Å². The van der Waals surface area contributed by atoms with Crippen molar-refractivity contribution >= 4 is 11.6 Å². The second-order valence-corrected chi connectivity index (χ2v) is 9.49. The summed E-state index contributed by atoms with van der Waals surface area (Å²) in [5, 5.41) is 0. The lowest BCUT2D eigenvalue weighted by molar-refractivity contribution is 0.205. The molecule has 0 radical (unpaired) electrons. The van der Waals surface area contributed by atoms with Gasteiger partial charge < -0.3 is 0 Å². The molecule has 2 aromatic rings. The van der Waals surface area contributed by atoms with E-state index in [1.54, 1.807) is 10.9 Å². The molecule has 0 saturated carbocycles. The molecule has 4 rings (SSSR count). The maximum absolute atomic E-state index is 12.3. The van der Waals surface area contributed by atoms with Gasteiger partial charge in [-0.2, -0.15) is 0 Å². The van der Waals surface area contributed by atoms with Crippen molar-refractivity contribution in [3.05, 3.63) is 92.0 Å². The lowest BCUT2D eigenvalue weighted by Crippen LogP contribution is -2.51. The number of hydrogen-bond donors (Lipinski definition) is 1. The number of allylic oxidation sites excluding steroid dienone is 6. The standard InChI is InChI=1S/C27H33N5O/c1-17(2)11-19(5)23(12-18(3)4)21-14-22-16-31(10-8-24(22)29-15-21)27-20(6)13-25-28-9-7-26(33)32(25)30-27/h7,9,11-15,27,30H,8,10,16H2,1-6H3/b23-19+. The summed E-state index contributed by atoms with van der Waals surface area (Å²) in [6, 6.07) is 3.77. The van der Waals surface area contributed by atoms with E-state index in [2.05, 4.69) is 75.1 Å². The average Bonchev–Trinajstić information content (AvgIpc) is 2.76. The van der Waals surface area contributed by atoms with E-state index in [1.807, 2.05) is 12.3 Å². The number of pyridine rings is 1. The first kappa shape index (κ1) is 22.9. The van der Waals surface area contributed by atoms with E-state index in [0.717, 1.165) is 36.3 Å². The summed E-state index contributed by atoms with van der Waals surface area (Å²) < 4.78 is 1.54. The van der Waals surface area contributed by atoms with Crippen molar-refractivity contribution in [2.45, 2.75) is 60.7 Å². The van der Waals surface area contributed by atoms with E-state index in [4.69, 9.17) is 4.98 Å². The van der Waals surface area contributed by atoms with Crippen LogP contribution in [0.3, 0.4) is 0 Å². The molecule has 0 amide bonds. The van der Waals surface area contributed by atoms with Crippen LogP contribution in [0.15, 0.2) is 63.8 Å². The molecule has 0 spiro atoms. The molecular weight excluding hydrogens is 410 g/mol. The summed E-state index contributed by atoms with van der Waals surface area (Å²) in [6.45, 7) is 14.4. The molecule has 6 heteroatoms. The molecule has 2 aliphatic heterocycles. The third kappa shape index (κ3) is 4.91. The van der Waals surface area contributed by atoms with Gasteiger partial charge in [0.2, 0.25) is 0 Å². The van der Waals surface area contributed by atoms with Crippen molar-refractivity contribution in [2.24, 2.45) is 0 Å². The van der Waals surface area contributed by atoms with E-state index in [-0.39, 0.29) is 11.7 Å². The van der Waals surface area contributed by atoms with E-state index < -0.39 is 0 Å². The molecule has 0 aromatic carbocycles. The Morgan fingerprint density at radius 1 is 1.12 bits per heavy atom. The maximum Gasteiger partial charge on any atom is 0.272 e. The van der Waals surface area contributed by atoms with Crippen molar-refractivity contribution < 1.29 is 0 Å². The summed E-state index contributed by atoms with van der Waals surface area (Å²) in [5.41, 5.74) is 12.9. The predicted octanol–water partition coefficient (Wildman–Crippen LogP) is 4.69. The second kappa shape index (κ2) is 9.32. The second-order valence-electron chi connectivity index (χ2n) is 9.49. The minimum absolute atomic E-state index is 0.0589. The molecule has 0 fully saturated rings. The highest BCUT2D eigenvalue weighted by Crippen LogP contribution is 2.28. The third-order valence-electron chi connectivity index (χ3n) is 6.02. The minimum atomic E-state index is -0.0960. The number of fused-ring (bicyclic) bond motifs is 2. The molecule has 1 unspecified atom stereocenters. The molecule has 0 saturated heterocycles. The molecular formula is C27H33N5O. The Labute approximate surface area is 196 Å². The fourth-order valence-electron chi connectivity index (χ4n) is 4.57. The van der Waals surface area contributed by atoms with Gasteiger partial charge in [0.05, 0.1) is 0 Å². The van der Waals surface area contributed by atoms with Crippen molar-refractivity contribution in [1.29, 1.82) is 0 Å². The summed E-state index contributed by atoms with van der Waals surface area (Å²) in [6.07, 6.45) is 10.8. The topological polar surface area (TPSA) is 63.1 Å². The van der Waals surface area contributed by atoms with E-state index in [9.17, 15) is 4.79 Å². The van der Waals surface area contributed by atoms with Crippen molar-refractivity contribution in [3.8, 4) is 0 Å². The number of rotatable bonds is 4. The van der Waals surface area contributed by atoms with Gasteiger partial charge in [0.1, 0.15) is 6.17 Å². The molecule has 2 aliphatic rings. The van der Waals surface area contributed by atoms with Gasteiger partial charge in [-0.1, -0.05) is 23.3 Å². The molecule has 6 nitrogen and oxygen atoms in total. The highest BCUT2D eigenvalue weighted by atomic mass is 16.1. The van der Waals surface area contributed by atoms with Crippen LogP contribution in [0.25, 0.3) is 11.6 Å². The van der Waals surface area contributed by atoms with Crippen LogP contribution in [0.2, 0.25) is 0 Å². The maximum atomic E-state index is 12.3. The largest absolute Gasteiger partial charge is 0.300 e. The molecule has 1 N–H and O–H groups in total. The summed E-state index contributed by atoms with van der Waals surface area (Å²) >= 11 is 0. The number of hydrogen-bond acceptors (Lipinski definition) is 5. The zero-order valence-electron chi connectivity index (χ0n) is 20.4. The third-order valence-corrected chi connectivity index (χ3v) is 6.02. The van der Waals surface area contributed by atoms with Crippen molar-refractivity contribution in [3.63, 3.8) is 0 Å². The fourth-order valence-corrected chi connectivity index (χ4v) is 4.57. The lowest BCUT2D eigenvalue weighted by Gasteiger charge is -2.38. The quantitative estimate of drug-likeness (QED) is 0.695. The predicted molar refractivity (Wildman–Crippen MR) is 135 cm³/mol. The van der Waals surface area contributed by atoms with Crippen LogP contribution in [0.1, 0.15) is 64.2 Å². The van der Waals surface area contributed by atoms with Gasteiger partial charge in [0.15, 0.2) is 5.82 Å². The number of nitrogens with zero attached hydrogens (tertiary/aromatic N) is 4. The first-order valence-electron chi connectivity index (χ1n) is 11.5. The van der Waals surface area contributed by atoms with E-state index >= 15 is 0 Å². The Kier molecular flexibility index (Phi) is 6.47. The minimum Gasteiger partial charge on any atom is -0.300 e. The SMILES string of the molecule is CC(C)=C/C(C)=C(\C=C(C)C)c1cnc2c(c1)CN(C1Nn3c(nccc3=O)C=C1C)CC2. The molecule has 1 atom stereocenters. The van der Waals surface area contributed by atoms with Crippen molar-refractivity contribution in [1.82, 2.24) is 19.5 Å². The summed E-state index contributed by atoms with van der Waals surface area (Å²) in [5.74, 6) is 0.642. The average molecular weight is 444 g/mol. The first-order valence-corrected chi connectivity index (χ1v) is 11.5.